The van der Waals surface area contributed by atoms with E-state index in [0.29, 0.717) is 96.0 Å². The number of ether oxygens (including phenoxy) is 1. The summed E-state index contributed by atoms with van der Waals surface area (Å²) in [6, 6.07) is -0.231. The number of ketones is 2. The van der Waals surface area contributed by atoms with Crippen LogP contribution in [0.2, 0.25) is 1.41 Å². The molecule has 61 heavy (non-hydrogen) atoms. The van der Waals surface area contributed by atoms with E-state index in [9.17, 15) is 47.7 Å². The number of pyridine rings is 1. The lowest BCUT2D eigenvalue weighted by molar-refractivity contribution is -0.151. The second-order valence-electron chi connectivity index (χ2n) is 15.2. The van der Waals surface area contributed by atoms with Gasteiger partial charge in [-0.1, -0.05) is 32.1 Å². The molecule has 20 heteroatoms. The van der Waals surface area contributed by atoms with Crippen molar-refractivity contribution in [3.63, 3.8) is 0 Å². The smallest absolute Gasteiger partial charge is 0.407 e. The van der Waals surface area contributed by atoms with E-state index in [4.69, 9.17) is 11.9 Å². The molecule has 4 atom stereocenters. The van der Waals surface area contributed by atoms with Gasteiger partial charge in [-0.15, -0.1) is 0 Å². The van der Waals surface area contributed by atoms with E-state index < -0.39 is 76.0 Å². The van der Waals surface area contributed by atoms with Gasteiger partial charge in [-0.3, -0.25) is 42.9 Å². The summed E-state index contributed by atoms with van der Waals surface area (Å²) >= 11 is 0. The molecule has 9 N–H and O–H groups in total. The molecule has 3 rings (SSSR count). The van der Waals surface area contributed by atoms with Crippen molar-refractivity contribution in [1.29, 1.82) is 0 Å². The molecule has 338 valence electrons. The third-order valence-electron chi connectivity index (χ3n) is 10.1. The Balaban J connectivity index is 1.26. The summed E-state index contributed by atoms with van der Waals surface area (Å²) in [4.78, 5) is 104. The van der Waals surface area contributed by atoms with Crippen molar-refractivity contribution in [1.82, 2.24) is 31.2 Å². The van der Waals surface area contributed by atoms with Gasteiger partial charge in [0.05, 0.1) is 28.2 Å². The number of hydrogen-bond acceptors (Lipinski definition) is 13. The van der Waals surface area contributed by atoms with Crippen molar-refractivity contribution in [3.05, 3.63) is 40.9 Å². The number of carbonyl (C=O) groups excluding carboxylic acids is 7. The van der Waals surface area contributed by atoms with Crippen LogP contribution in [0, 0.1) is 6.92 Å². The lowest BCUT2D eigenvalue weighted by atomic mass is 9.99. The van der Waals surface area contributed by atoms with Crippen LogP contribution in [-0.2, 0) is 44.3 Å². The van der Waals surface area contributed by atoms with Gasteiger partial charge in [-0.25, -0.2) is 9.59 Å². The fourth-order valence-corrected chi connectivity index (χ4v) is 8.45. The summed E-state index contributed by atoms with van der Waals surface area (Å²) in [6.45, 7) is 2.97. The number of nitrogens with one attached hydrogen (secondary N) is 4. The van der Waals surface area contributed by atoms with E-state index in [1.165, 1.54) is 6.20 Å². The number of Topliss-reactive ketones (excluding diaryl/α,β-unsaturated/α-hetero) is 2. The quantitative estimate of drug-likeness (QED) is 0.0315. The highest BCUT2D eigenvalue weighted by molar-refractivity contribution is 7.86. The lowest BCUT2D eigenvalue weighted by Gasteiger charge is -2.49. The second-order valence-corrected chi connectivity index (χ2v) is 16.7. The van der Waals surface area contributed by atoms with Gasteiger partial charge in [-0.05, 0) is 76.5 Å². The van der Waals surface area contributed by atoms with Crippen molar-refractivity contribution in [2.24, 2.45) is 11.5 Å². The van der Waals surface area contributed by atoms with Crippen LogP contribution in [0.4, 0.5) is 4.79 Å². The molecule has 1 saturated heterocycles. The Hall–Kier alpha value is -5.08. The minimum atomic E-state index is -1.79. The van der Waals surface area contributed by atoms with Crippen molar-refractivity contribution >= 4 is 58.1 Å². The molecule has 2 aliphatic rings. The first-order chi connectivity index (χ1) is 29.8. The number of alkyl carbamates (subject to hydrolysis) is 1. The molecular formula is C41H62N8O11S. The molecule has 5 amide bonds. The molecule has 0 radical (unpaired) electrons. The number of aliphatic carboxylic acids is 1. The number of rotatable bonds is 31. The Morgan fingerprint density at radius 2 is 1.52 bits per heavy atom. The van der Waals surface area contributed by atoms with Crippen LogP contribution >= 0.6 is 0 Å². The number of aromatic nitrogens is 1. The van der Waals surface area contributed by atoms with E-state index in [0.717, 1.165) is 29.7 Å². The first kappa shape index (κ1) is 48.6. The molecule has 19 nitrogen and oxygen atoms in total. The number of nitrogens with zero attached hydrogens (tertiary/aromatic N) is 2. The third-order valence-corrected chi connectivity index (χ3v) is 11.8. The van der Waals surface area contributed by atoms with E-state index in [-0.39, 0.29) is 42.4 Å². The first-order valence-electron chi connectivity index (χ1n) is 21.5. The van der Waals surface area contributed by atoms with Crippen LogP contribution < -0.4 is 32.7 Å². The summed E-state index contributed by atoms with van der Waals surface area (Å²) in [5, 5.41) is 19.6. The predicted molar refractivity (Wildman–Crippen MR) is 225 cm³/mol. The minimum Gasteiger partial charge on any atom is -0.477 e. The minimum absolute atomic E-state index is 0.00772. The number of carboxylic acid groups (broad SMARTS) is 1. The molecule has 0 saturated carbocycles. The molecule has 1 aromatic heterocycles. The van der Waals surface area contributed by atoms with Gasteiger partial charge in [0.25, 0.3) is 11.8 Å². The number of carboxylic acids is 1. The number of fused-ring (bicyclic) bond motifs is 1. The van der Waals surface area contributed by atoms with Crippen molar-refractivity contribution in [2.45, 2.75) is 127 Å². The molecule has 1 fully saturated rings. The SMILES string of the molecule is [3H]N[C@@H](CCCCN)C(=O)C(=O)CCCCCCC(=O)NCCCCC(=O)NC1C(=O)N2C(C(=O)O)=C(COC(=O)NCCCCCCNC(=O)c3cncc(C)c3)CS(=O)C12. The largest absolute Gasteiger partial charge is 0.477 e. The maximum Gasteiger partial charge on any atom is 0.407 e. The van der Waals surface area contributed by atoms with E-state index in [2.05, 4.69) is 32.0 Å². The molecule has 3 unspecified atom stereocenters. The number of amides is 5. The average Bonchev–Trinajstić information content (AvgIpc) is 3.24. The van der Waals surface area contributed by atoms with E-state index in [1.807, 2.05) is 6.92 Å². The number of unbranched alkanes of at least 4 members (excludes halogenated alkanes) is 8. The molecule has 0 bridgehead atoms. The molecule has 2 aliphatic heterocycles. The van der Waals surface area contributed by atoms with Gasteiger partial charge in [0, 0.05) is 56.9 Å². The molecule has 3 heterocycles. The van der Waals surface area contributed by atoms with Gasteiger partial charge < -0.3 is 42.6 Å². The van der Waals surface area contributed by atoms with Crippen LogP contribution in [0.5, 0.6) is 0 Å². The summed E-state index contributed by atoms with van der Waals surface area (Å²) in [6.07, 6.45) is 10.9. The zero-order valence-corrected chi connectivity index (χ0v) is 35.7. The number of β-lactam (4-membered cyclic amide) rings is 1. The normalized spacial score (nSPS) is 17.6. The second kappa shape index (κ2) is 27.0. The molecule has 1 aromatic rings. The summed E-state index contributed by atoms with van der Waals surface area (Å²) in [7, 11) is -1.79. The topological polar surface area (TPSA) is 299 Å². The highest BCUT2D eigenvalue weighted by Crippen LogP contribution is 2.35. The van der Waals surface area contributed by atoms with E-state index in [1.54, 1.807) is 12.3 Å². The van der Waals surface area contributed by atoms with Crippen LogP contribution in [-0.4, -0.2) is 122 Å². The van der Waals surface area contributed by atoms with Crippen molar-refractivity contribution in [3.8, 4) is 0 Å². The Kier molecular flexibility index (Phi) is 21.5. The van der Waals surface area contributed by atoms with Crippen LogP contribution in [0.25, 0.3) is 0 Å². The van der Waals surface area contributed by atoms with E-state index >= 15 is 0 Å². The summed E-state index contributed by atoms with van der Waals surface area (Å²) in [5.74, 6) is -4.39. The van der Waals surface area contributed by atoms with Crippen molar-refractivity contribution in [2.75, 3.05) is 38.5 Å². The molecular weight excluding hydrogens is 813 g/mol. The van der Waals surface area contributed by atoms with Gasteiger partial charge in [-0.2, -0.15) is 0 Å². The Bertz CT molecular complexity index is 1800. The molecule has 0 aliphatic carbocycles. The third kappa shape index (κ3) is 17.1. The lowest BCUT2D eigenvalue weighted by Crippen LogP contribution is -2.73. The first-order valence-corrected chi connectivity index (χ1v) is 22.4. The van der Waals surface area contributed by atoms with Crippen LogP contribution in [0.1, 0.15) is 119 Å². The number of aryl methyl sites for hydroxylation is 1. The van der Waals surface area contributed by atoms with Crippen LogP contribution in [0.3, 0.4) is 0 Å². The van der Waals surface area contributed by atoms with Crippen LogP contribution in [0.15, 0.2) is 29.7 Å². The standard InChI is InChI=1S/C41H62N8O11S/c1-27-22-28(24-44-23-27)37(54)46-20-11-4-5-12-21-47-41(58)60-25-29-26-61(59)39-34(38(55)49(39)35(29)40(56)57)48-33(52)17-9-13-19-45-32(51)16-7-3-2-6-15-31(50)36(53)30(43)14-8-10-18-42/h22-24,30,34,39H,2-21,25-26,42-43H2,1H3,(H,45,51)(H,46,54)(H,47,58)(H,48,52)(H,56,57)/t30-,34?,39?,61?/m0/s1/i/hT. The number of hydrogen-bond donors (Lipinski definition) is 7. The number of carbonyl (C=O) groups is 8. The predicted octanol–water partition coefficient (Wildman–Crippen LogP) is 1.38. The summed E-state index contributed by atoms with van der Waals surface area (Å²) < 4.78 is 25.7. The molecule has 0 spiro atoms. The van der Waals surface area contributed by atoms with Gasteiger partial charge in [0.2, 0.25) is 17.6 Å². The average molecular weight is 877 g/mol. The summed E-state index contributed by atoms with van der Waals surface area (Å²) in [5.41, 5.74) is 8.58. The maximum atomic E-state index is 13.1. The fourth-order valence-electron chi connectivity index (χ4n) is 6.78. The monoisotopic (exact) mass is 876 g/mol. The maximum absolute atomic E-state index is 13.1. The molecule has 0 aromatic carbocycles. The zero-order valence-electron chi connectivity index (χ0n) is 35.9. The Morgan fingerprint density at radius 1 is 0.885 bits per heavy atom. The van der Waals surface area contributed by atoms with Gasteiger partial charge in [0.15, 0.2) is 5.78 Å². The van der Waals surface area contributed by atoms with Gasteiger partial charge >= 0.3 is 12.1 Å². The Labute approximate surface area is 360 Å². The number of nitrogens with two attached hydrogens (primary N) is 2. The highest BCUT2D eigenvalue weighted by atomic mass is 32.2. The Morgan fingerprint density at radius 3 is 2.21 bits per heavy atom. The van der Waals surface area contributed by atoms with Gasteiger partial charge in [0.1, 0.15) is 25.1 Å². The van der Waals surface area contributed by atoms with Crippen molar-refractivity contribution < 1.29 is 53.8 Å². The highest BCUT2D eigenvalue weighted by Gasteiger charge is 2.57. The fraction of sp³-hybridized carbons (Fsp3) is 0.634. The zero-order chi connectivity index (χ0) is 45.4.